The third-order valence-electron chi connectivity index (χ3n) is 4.59. The Morgan fingerprint density at radius 3 is 2.82 bits per heavy atom. The molecule has 3 aromatic rings. The highest BCUT2D eigenvalue weighted by atomic mass is 19.1. The zero-order chi connectivity index (χ0) is 19.7. The average molecular weight is 378 g/mol. The Morgan fingerprint density at radius 2 is 2.04 bits per heavy atom. The van der Waals surface area contributed by atoms with E-state index in [-0.39, 0.29) is 11.6 Å². The van der Waals surface area contributed by atoms with Crippen molar-refractivity contribution in [1.29, 1.82) is 0 Å². The lowest BCUT2D eigenvalue weighted by Gasteiger charge is -2.31. The monoisotopic (exact) mass is 378 g/mol. The van der Waals surface area contributed by atoms with Crippen LogP contribution in [0.1, 0.15) is 30.4 Å². The highest BCUT2D eigenvalue weighted by molar-refractivity contribution is 6.04. The van der Waals surface area contributed by atoms with Crippen LogP contribution in [0.4, 0.5) is 4.39 Å². The number of nitrogens with two attached hydrogens (primary N) is 2. The zero-order valence-electron chi connectivity index (χ0n) is 15.5. The predicted molar refractivity (Wildman–Crippen MR) is 105 cm³/mol. The number of hydrogen-bond donors (Lipinski definition) is 2. The molecule has 0 fully saturated rings. The second-order valence-corrected chi connectivity index (χ2v) is 6.57. The lowest BCUT2D eigenvalue weighted by Crippen LogP contribution is -2.48. The number of amidine groups is 1. The molecule has 2 aromatic heterocycles. The van der Waals surface area contributed by atoms with E-state index in [1.807, 2.05) is 17.0 Å². The van der Waals surface area contributed by atoms with Gasteiger partial charge in [0.05, 0.1) is 5.52 Å². The van der Waals surface area contributed by atoms with Crippen LogP contribution < -0.4 is 11.5 Å². The van der Waals surface area contributed by atoms with Crippen molar-refractivity contribution in [3.05, 3.63) is 77.4 Å². The Bertz CT molecular complexity index is 1070. The predicted octanol–water partition coefficient (Wildman–Crippen LogP) is 1.82. The normalized spacial score (nSPS) is 17.0. The van der Waals surface area contributed by atoms with Crippen LogP contribution in [0.2, 0.25) is 0 Å². The number of rotatable bonds is 5. The SMILES string of the molecule is CCCN1C(c2nc(Cc3ccccc3F)n3ncccc23)=NC(N)=[C]C1N. The maximum Gasteiger partial charge on any atom is 0.160 e. The molecule has 0 saturated heterocycles. The first-order valence-corrected chi connectivity index (χ1v) is 9.14. The summed E-state index contributed by atoms with van der Waals surface area (Å²) in [4.78, 5) is 11.1. The molecular weight excluding hydrogens is 357 g/mol. The van der Waals surface area contributed by atoms with Crippen LogP contribution in [-0.4, -0.2) is 38.0 Å². The summed E-state index contributed by atoms with van der Waals surface area (Å²) in [7, 11) is 0. The highest BCUT2D eigenvalue weighted by Gasteiger charge is 2.27. The van der Waals surface area contributed by atoms with Gasteiger partial charge in [-0.05, 0) is 30.2 Å². The Hall–Kier alpha value is -3.26. The second kappa shape index (κ2) is 7.40. The van der Waals surface area contributed by atoms with Crippen molar-refractivity contribution in [2.45, 2.75) is 25.9 Å². The summed E-state index contributed by atoms with van der Waals surface area (Å²) in [5, 5.41) is 4.40. The largest absolute Gasteiger partial charge is 0.383 e. The van der Waals surface area contributed by atoms with Crippen LogP contribution in [0.5, 0.6) is 0 Å². The molecule has 1 aliphatic heterocycles. The molecule has 0 bridgehead atoms. The molecule has 0 spiro atoms. The van der Waals surface area contributed by atoms with Crippen molar-refractivity contribution < 1.29 is 4.39 Å². The second-order valence-electron chi connectivity index (χ2n) is 6.57. The van der Waals surface area contributed by atoms with Gasteiger partial charge in [0.2, 0.25) is 0 Å². The number of hydrogen-bond acceptors (Lipinski definition) is 6. The number of fused-ring (bicyclic) bond motifs is 1. The number of benzene rings is 1. The van der Waals surface area contributed by atoms with E-state index in [1.165, 1.54) is 6.07 Å². The summed E-state index contributed by atoms with van der Waals surface area (Å²) < 4.78 is 15.9. The third kappa shape index (κ3) is 3.22. The van der Waals surface area contributed by atoms with E-state index in [4.69, 9.17) is 16.5 Å². The van der Waals surface area contributed by atoms with E-state index in [2.05, 4.69) is 23.1 Å². The van der Waals surface area contributed by atoms with Crippen LogP contribution in [-0.2, 0) is 6.42 Å². The molecule has 0 aliphatic carbocycles. The number of aromatic nitrogens is 3. The van der Waals surface area contributed by atoms with E-state index in [1.54, 1.807) is 28.9 Å². The van der Waals surface area contributed by atoms with E-state index in [0.717, 1.165) is 11.9 Å². The van der Waals surface area contributed by atoms with Gasteiger partial charge in [0.1, 0.15) is 29.3 Å². The van der Waals surface area contributed by atoms with Crippen molar-refractivity contribution in [1.82, 2.24) is 19.5 Å². The van der Waals surface area contributed by atoms with E-state index >= 15 is 0 Å². The van der Waals surface area contributed by atoms with Gasteiger partial charge in [0, 0.05) is 25.2 Å². The molecule has 7 nitrogen and oxygen atoms in total. The first-order valence-electron chi connectivity index (χ1n) is 9.14. The topological polar surface area (TPSA) is 97.8 Å². The molecule has 1 aliphatic rings. The first-order chi connectivity index (χ1) is 13.6. The zero-order valence-corrected chi connectivity index (χ0v) is 15.5. The lowest BCUT2D eigenvalue weighted by atomic mass is 10.1. The van der Waals surface area contributed by atoms with Gasteiger partial charge in [-0.15, -0.1) is 0 Å². The van der Waals surface area contributed by atoms with Gasteiger partial charge in [0.25, 0.3) is 0 Å². The fourth-order valence-corrected chi connectivity index (χ4v) is 3.33. The summed E-state index contributed by atoms with van der Waals surface area (Å²) >= 11 is 0. The molecular formula is C20H21FN7. The van der Waals surface area contributed by atoms with Crippen LogP contribution in [0.25, 0.3) is 5.52 Å². The molecule has 0 amide bonds. The van der Waals surface area contributed by atoms with Crippen LogP contribution >= 0.6 is 0 Å². The summed E-state index contributed by atoms with van der Waals surface area (Å²) in [6, 6.07) is 10.4. The van der Waals surface area contributed by atoms with E-state index in [9.17, 15) is 4.39 Å². The summed E-state index contributed by atoms with van der Waals surface area (Å²) in [5.41, 5.74) is 14.1. The minimum atomic E-state index is -0.504. The quantitative estimate of drug-likeness (QED) is 0.706. The van der Waals surface area contributed by atoms with Gasteiger partial charge in [-0.1, -0.05) is 25.1 Å². The fraction of sp³-hybridized carbons (Fsp3) is 0.250. The minimum Gasteiger partial charge on any atom is -0.383 e. The molecule has 1 radical (unpaired) electrons. The molecule has 0 saturated carbocycles. The summed E-state index contributed by atoms with van der Waals surface area (Å²) in [6.07, 6.45) is 5.27. The smallest absolute Gasteiger partial charge is 0.160 e. The lowest BCUT2D eigenvalue weighted by molar-refractivity contribution is 0.349. The van der Waals surface area contributed by atoms with Crippen LogP contribution in [0.15, 0.2) is 53.4 Å². The van der Waals surface area contributed by atoms with Gasteiger partial charge >= 0.3 is 0 Å². The molecule has 143 valence electrons. The molecule has 4 N–H and O–H groups in total. The molecule has 1 atom stereocenters. The van der Waals surface area contributed by atoms with Gasteiger partial charge in [-0.3, -0.25) is 0 Å². The molecule has 1 unspecified atom stereocenters. The maximum absolute atomic E-state index is 14.2. The standard InChI is InChI=1S/C20H21FN7/c1-2-10-27-17(23)12-16(22)25-20(27)19-15-8-5-9-24-28(15)18(26-19)11-13-6-3-4-7-14(13)21/h3-9,17H,2,10-11,22-23H2,1H3. The Balaban J connectivity index is 1.84. The van der Waals surface area contributed by atoms with Crippen LogP contribution in [0, 0.1) is 11.9 Å². The summed E-state index contributed by atoms with van der Waals surface area (Å²) in [6.45, 7) is 2.74. The van der Waals surface area contributed by atoms with Crippen LogP contribution in [0.3, 0.4) is 0 Å². The third-order valence-corrected chi connectivity index (χ3v) is 4.59. The van der Waals surface area contributed by atoms with Gasteiger partial charge in [-0.25, -0.2) is 18.9 Å². The Morgan fingerprint density at radius 1 is 1.21 bits per heavy atom. The Kier molecular flexibility index (Phi) is 4.79. The summed E-state index contributed by atoms with van der Waals surface area (Å²) in [5.74, 6) is 1.15. The van der Waals surface area contributed by atoms with Gasteiger partial charge in [0.15, 0.2) is 5.84 Å². The molecule has 8 heteroatoms. The number of imidazole rings is 1. The van der Waals surface area contributed by atoms with Crippen molar-refractivity contribution in [2.75, 3.05) is 6.54 Å². The van der Waals surface area contributed by atoms with E-state index in [0.29, 0.717) is 35.9 Å². The first kappa shape index (κ1) is 18.1. The number of aliphatic imine (C=N–C) groups is 1. The Labute approximate surface area is 162 Å². The minimum absolute atomic E-state index is 0.232. The molecule has 4 rings (SSSR count). The fourth-order valence-electron chi connectivity index (χ4n) is 3.33. The molecule has 28 heavy (non-hydrogen) atoms. The van der Waals surface area contributed by atoms with Crippen molar-refractivity contribution in [3.8, 4) is 0 Å². The highest BCUT2D eigenvalue weighted by Crippen LogP contribution is 2.21. The average Bonchev–Trinajstić information content (AvgIpc) is 3.04. The van der Waals surface area contributed by atoms with E-state index < -0.39 is 6.17 Å². The van der Waals surface area contributed by atoms with Crippen molar-refractivity contribution >= 4 is 11.4 Å². The molecule has 3 heterocycles. The van der Waals surface area contributed by atoms with Crippen molar-refractivity contribution in [3.63, 3.8) is 0 Å². The van der Waals surface area contributed by atoms with Gasteiger partial charge < -0.3 is 16.4 Å². The molecule has 1 aromatic carbocycles. The number of nitrogens with zero attached hydrogens (tertiary/aromatic N) is 5. The maximum atomic E-state index is 14.2. The van der Waals surface area contributed by atoms with Gasteiger partial charge in [-0.2, -0.15) is 5.10 Å². The van der Waals surface area contributed by atoms with Crippen molar-refractivity contribution in [2.24, 2.45) is 16.5 Å². The number of halogens is 1.